The molecule has 0 saturated carbocycles. The minimum absolute atomic E-state index is 0.199. The van der Waals surface area contributed by atoms with Gasteiger partial charge in [-0.1, -0.05) is 53.0 Å². The number of allylic oxidation sites excluding steroid dienone is 1. The van der Waals surface area contributed by atoms with Crippen LogP contribution in [0.15, 0.2) is 36.4 Å². The van der Waals surface area contributed by atoms with Gasteiger partial charge in [0.15, 0.2) is 0 Å². The summed E-state index contributed by atoms with van der Waals surface area (Å²) in [7, 11) is 0. The molecule has 2 aromatic carbocycles. The molecule has 0 aromatic heterocycles. The Hall–Kier alpha value is -2.64. The summed E-state index contributed by atoms with van der Waals surface area (Å²) >= 11 is 17.3. The van der Waals surface area contributed by atoms with Crippen LogP contribution < -0.4 is 10.9 Å². The normalized spacial score (nSPS) is 13.5. The fourth-order valence-electron chi connectivity index (χ4n) is 2.89. The van der Waals surface area contributed by atoms with Crippen LogP contribution in [-0.2, 0) is 11.0 Å². The summed E-state index contributed by atoms with van der Waals surface area (Å²) in [5.41, 5.74) is -0.861. The third-order valence-electron chi connectivity index (χ3n) is 4.47. The van der Waals surface area contributed by atoms with Gasteiger partial charge in [0.2, 0.25) is 5.91 Å². The van der Waals surface area contributed by atoms with Gasteiger partial charge in [-0.3, -0.25) is 20.4 Å². The zero-order valence-electron chi connectivity index (χ0n) is 17.7. The zero-order chi connectivity index (χ0) is 28.3. The van der Waals surface area contributed by atoms with E-state index >= 15 is 0 Å². The monoisotopic (exact) mass is 600 g/mol. The number of hydrogen-bond acceptors (Lipinski definition) is 2. The molecule has 2 rings (SSSR count). The highest BCUT2D eigenvalue weighted by atomic mass is 35.5. The van der Waals surface area contributed by atoms with Crippen LogP contribution in [0, 0.1) is 0 Å². The largest absolute Gasteiger partial charge is 0.417 e. The Labute approximate surface area is 217 Å². The Morgan fingerprint density at radius 2 is 1.43 bits per heavy atom. The number of amides is 2. The molecule has 2 amide bonds. The molecular weight excluding hydrogens is 590 g/mol. The average molecular weight is 602 g/mol. The van der Waals surface area contributed by atoms with E-state index in [1.165, 1.54) is 10.9 Å². The lowest BCUT2D eigenvalue weighted by Gasteiger charge is -2.19. The molecule has 0 radical (unpaired) electrons. The van der Waals surface area contributed by atoms with Crippen LogP contribution in [-0.4, -0.2) is 24.2 Å². The van der Waals surface area contributed by atoms with Gasteiger partial charge in [-0.2, -0.15) is 39.5 Å². The third-order valence-corrected chi connectivity index (χ3v) is 5.67. The van der Waals surface area contributed by atoms with Crippen molar-refractivity contribution < 1.29 is 49.1 Å². The maximum atomic E-state index is 13.7. The molecule has 0 saturated heterocycles. The standard InChI is InChI=1S/C21H12Cl3F9N2O2/c22-14-6-10(7-15(23)17(14)24)12(20(28,29)30)4-2-9-1-3-11(13(5-9)21(31,32)33)18(37)35-34-16(36)8-19(25,26)27/h1-7,12H,8H2,(H,34,36)(H,35,37)/b4-2+. The van der Waals surface area contributed by atoms with E-state index in [1.807, 2.05) is 0 Å². The van der Waals surface area contributed by atoms with Crippen molar-refractivity contribution >= 4 is 52.7 Å². The molecule has 2 aromatic rings. The van der Waals surface area contributed by atoms with Crippen LogP contribution >= 0.6 is 34.8 Å². The van der Waals surface area contributed by atoms with Gasteiger partial charge in [0.25, 0.3) is 5.91 Å². The van der Waals surface area contributed by atoms with E-state index in [0.717, 1.165) is 18.2 Å². The second-order valence-electron chi connectivity index (χ2n) is 7.27. The lowest BCUT2D eigenvalue weighted by Crippen LogP contribution is -2.43. The van der Waals surface area contributed by atoms with Gasteiger partial charge in [-0.25, -0.2) is 0 Å². The highest BCUT2D eigenvalue weighted by molar-refractivity contribution is 6.48. The number of benzene rings is 2. The van der Waals surface area contributed by atoms with Crippen molar-refractivity contribution in [2.24, 2.45) is 0 Å². The van der Waals surface area contributed by atoms with E-state index in [1.54, 1.807) is 0 Å². The number of nitrogens with one attached hydrogen (secondary N) is 2. The Kier molecular flexibility index (Phi) is 9.42. The van der Waals surface area contributed by atoms with Crippen molar-refractivity contribution in [1.29, 1.82) is 0 Å². The minimum atomic E-state index is -5.20. The lowest BCUT2D eigenvalue weighted by atomic mass is 9.96. The van der Waals surface area contributed by atoms with Crippen molar-refractivity contribution in [2.45, 2.75) is 30.9 Å². The summed E-state index contributed by atoms with van der Waals surface area (Å²) in [5, 5.41) is -0.775. The summed E-state index contributed by atoms with van der Waals surface area (Å²) in [4.78, 5) is 23.2. The smallest absolute Gasteiger partial charge is 0.273 e. The molecule has 0 spiro atoms. The van der Waals surface area contributed by atoms with Gasteiger partial charge in [0, 0.05) is 0 Å². The number of rotatable bonds is 5. The highest BCUT2D eigenvalue weighted by Gasteiger charge is 2.40. The second-order valence-corrected chi connectivity index (χ2v) is 8.47. The van der Waals surface area contributed by atoms with E-state index in [4.69, 9.17) is 34.8 Å². The number of carbonyl (C=O) groups is 2. The maximum absolute atomic E-state index is 13.7. The first-order valence-electron chi connectivity index (χ1n) is 9.56. The molecule has 0 aliphatic heterocycles. The molecule has 0 fully saturated rings. The molecule has 1 unspecified atom stereocenters. The van der Waals surface area contributed by atoms with E-state index in [-0.39, 0.29) is 15.1 Å². The molecule has 202 valence electrons. The lowest BCUT2D eigenvalue weighted by molar-refractivity contribution is -0.154. The summed E-state index contributed by atoms with van der Waals surface area (Å²) in [5.74, 6) is -5.72. The molecule has 2 N–H and O–H groups in total. The van der Waals surface area contributed by atoms with E-state index in [9.17, 15) is 49.1 Å². The summed E-state index contributed by atoms with van der Waals surface area (Å²) in [6.45, 7) is 0. The molecule has 0 bridgehead atoms. The van der Waals surface area contributed by atoms with E-state index in [0.29, 0.717) is 24.3 Å². The fourth-order valence-corrected chi connectivity index (χ4v) is 3.50. The van der Waals surface area contributed by atoms with Crippen molar-refractivity contribution in [3.8, 4) is 0 Å². The Morgan fingerprint density at radius 3 is 1.92 bits per heavy atom. The van der Waals surface area contributed by atoms with Crippen LogP contribution in [0.2, 0.25) is 15.1 Å². The second kappa shape index (κ2) is 11.4. The first-order chi connectivity index (χ1) is 16.8. The van der Waals surface area contributed by atoms with Crippen LogP contribution in [0.3, 0.4) is 0 Å². The average Bonchev–Trinajstić information content (AvgIpc) is 2.73. The van der Waals surface area contributed by atoms with Crippen molar-refractivity contribution in [3.05, 3.63) is 73.7 Å². The summed E-state index contributed by atoms with van der Waals surface area (Å²) < 4.78 is 118. The van der Waals surface area contributed by atoms with Gasteiger partial charge >= 0.3 is 18.5 Å². The first-order valence-corrected chi connectivity index (χ1v) is 10.7. The molecular formula is C21H12Cl3F9N2O2. The molecule has 0 aliphatic rings. The maximum Gasteiger partial charge on any atom is 0.417 e. The zero-order valence-corrected chi connectivity index (χ0v) is 19.9. The number of halogens is 12. The fraction of sp³-hybridized carbons (Fsp3) is 0.238. The number of hydrazine groups is 1. The number of alkyl halides is 9. The van der Waals surface area contributed by atoms with Gasteiger partial charge in [-0.15, -0.1) is 0 Å². The summed E-state index contributed by atoms with van der Waals surface area (Å²) in [6, 6.07) is 3.55. The van der Waals surface area contributed by atoms with Gasteiger partial charge in [0.05, 0.1) is 32.1 Å². The Morgan fingerprint density at radius 1 is 0.865 bits per heavy atom. The van der Waals surface area contributed by atoms with Crippen molar-refractivity contribution in [2.75, 3.05) is 0 Å². The molecule has 0 heterocycles. The molecule has 4 nitrogen and oxygen atoms in total. The predicted molar refractivity (Wildman–Crippen MR) is 117 cm³/mol. The third kappa shape index (κ3) is 8.71. The predicted octanol–water partition coefficient (Wildman–Crippen LogP) is 7.74. The van der Waals surface area contributed by atoms with Crippen LogP contribution in [0.4, 0.5) is 39.5 Å². The van der Waals surface area contributed by atoms with Gasteiger partial charge in [0.1, 0.15) is 6.42 Å². The van der Waals surface area contributed by atoms with Crippen LogP contribution in [0.5, 0.6) is 0 Å². The van der Waals surface area contributed by atoms with E-state index in [2.05, 4.69) is 0 Å². The minimum Gasteiger partial charge on any atom is -0.273 e. The van der Waals surface area contributed by atoms with Crippen molar-refractivity contribution in [1.82, 2.24) is 10.9 Å². The van der Waals surface area contributed by atoms with Gasteiger partial charge < -0.3 is 0 Å². The Balaban J connectivity index is 2.38. The SMILES string of the molecule is O=C(CC(F)(F)F)NNC(=O)c1ccc(/C=C/C(c2cc(Cl)c(Cl)c(Cl)c2)C(F)(F)F)cc1C(F)(F)F. The molecule has 16 heteroatoms. The van der Waals surface area contributed by atoms with E-state index < -0.39 is 64.9 Å². The van der Waals surface area contributed by atoms with Crippen LogP contribution in [0.1, 0.15) is 39.4 Å². The van der Waals surface area contributed by atoms with Gasteiger partial charge in [-0.05, 0) is 35.4 Å². The highest BCUT2D eigenvalue weighted by Crippen LogP contribution is 2.41. The van der Waals surface area contributed by atoms with Crippen molar-refractivity contribution in [3.63, 3.8) is 0 Å². The van der Waals surface area contributed by atoms with Crippen LogP contribution in [0.25, 0.3) is 6.08 Å². The quantitative estimate of drug-likeness (QED) is 0.209. The molecule has 37 heavy (non-hydrogen) atoms. The Bertz CT molecular complexity index is 1190. The molecule has 0 aliphatic carbocycles. The number of hydrogen-bond donors (Lipinski definition) is 2. The molecule has 1 atom stereocenters. The number of carbonyl (C=O) groups excluding carboxylic acids is 2. The summed E-state index contributed by atoms with van der Waals surface area (Å²) in [6.07, 6.45) is -15.8. The first kappa shape index (κ1) is 30.6. The topological polar surface area (TPSA) is 58.2 Å².